The molecule has 0 atom stereocenters. The first kappa shape index (κ1) is 16.7. The third-order valence-corrected chi connectivity index (χ3v) is 5.30. The molecule has 0 spiro atoms. The molecular formula is C19H15NO4S. The number of carboxylic acids is 1. The van der Waals surface area contributed by atoms with Gasteiger partial charge in [0.25, 0.3) is 10.0 Å². The number of carboxylic acid groups (broad SMARTS) is 1. The van der Waals surface area contributed by atoms with Crippen molar-refractivity contribution in [2.75, 3.05) is 0 Å². The van der Waals surface area contributed by atoms with Crippen molar-refractivity contribution in [3.8, 4) is 11.1 Å². The lowest BCUT2D eigenvalue weighted by Gasteiger charge is -2.07. The third-order valence-electron chi connectivity index (χ3n) is 3.65. The Morgan fingerprint density at radius 3 is 2.20 bits per heavy atom. The topological polar surface area (TPSA) is 76.4 Å². The Hall–Kier alpha value is -3.12. The predicted molar refractivity (Wildman–Crippen MR) is 95.6 cm³/mol. The zero-order chi connectivity index (χ0) is 17.9. The molecule has 1 N–H and O–H groups in total. The summed E-state index contributed by atoms with van der Waals surface area (Å²) in [5.74, 6) is -1.09. The van der Waals surface area contributed by atoms with Crippen LogP contribution in [0.4, 0.5) is 0 Å². The van der Waals surface area contributed by atoms with Crippen LogP contribution in [-0.4, -0.2) is 23.5 Å². The molecule has 0 bridgehead atoms. The Bertz CT molecular complexity index is 1020. The molecule has 0 aliphatic rings. The summed E-state index contributed by atoms with van der Waals surface area (Å²) in [6.07, 6.45) is 5.07. The van der Waals surface area contributed by atoms with Gasteiger partial charge in [-0.1, -0.05) is 42.5 Å². The van der Waals surface area contributed by atoms with Crippen molar-refractivity contribution in [1.82, 2.24) is 3.97 Å². The quantitative estimate of drug-likeness (QED) is 0.713. The van der Waals surface area contributed by atoms with Gasteiger partial charge in [0.2, 0.25) is 0 Å². The fourth-order valence-corrected chi connectivity index (χ4v) is 3.58. The lowest BCUT2D eigenvalue weighted by Crippen LogP contribution is -2.10. The van der Waals surface area contributed by atoms with Gasteiger partial charge in [0.15, 0.2) is 0 Å². The van der Waals surface area contributed by atoms with E-state index in [-0.39, 0.29) is 4.90 Å². The summed E-state index contributed by atoms with van der Waals surface area (Å²) < 4.78 is 26.4. The smallest absolute Gasteiger partial charge is 0.328 e. The Labute approximate surface area is 145 Å². The first-order valence-electron chi connectivity index (χ1n) is 7.47. The Morgan fingerprint density at radius 2 is 1.56 bits per heavy atom. The van der Waals surface area contributed by atoms with Crippen molar-refractivity contribution >= 4 is 22.1 Å². The maximum Gasteiger partial charge on any atom is 0.328 e. The molecule has 0 unspecified atom stereocenters. The van der Waals surface area contributed by atoms with E-state index < -0.39 is 16.0 Å². The highest BCUT2D eigenvalue weighted by molar-refractivity contribution is 7.90. The minimum absolute atomic E-state index is 0.163. The number of hydrogen-bond donors (Lipinski definition) is 1. The Kier molecular flexibility index (Phi) is 4.54. The summed E-state index contributed by atoms with van der Waals surface area (Å²) in [7, 11) is -3.72. The van der Waals surface area contributed by atoms with Gasteiger partial charge in [-0.05, 0) is 41.0 Å². The molecule has 1 aromatic heterocycles. The van der Waals surface area contributed by atoms with E-state index >= 15 is 0 Å². The number of hydrogen-bond acceptors (Lipinski definition) is 3. The van der Waals surface area contributed by atoms with Gasteiger partial charge in [-0.15, -0.1) is 0 Å². The molecule has 0 amide bonds. The number of aromatic nitrogens is 1. The highest BCUT2D eigenvalue weighted by atomic mass is 32.2. The lowest BCUT2D eigenvalue weighted by molar-refractivity contribution is -0.131. The zero-order valence-electron chi connectivity index (χ0n) is 13.1. The minimum atomic E-state index is -3.72. The first-order chi connectivity index (χ1) is 12.0. The van der Waals surface area contributed by atoms with Crippen LogP contribution in [0.1, 0.15) is 5.56 Å². The SMILES string of the molecule is O=C(O)/C=C/c1ccn(S(=O)(=O)c2ccc(-c3ccccc3)cc2)c1. The minimum Gasteiger partial charge on any atom is -0.478 e. The predicted octanol–water partition coefficient (Wildman–Crippen LogP) is 3.49. The number of rotatable bonds is 5. The molecular weight excluding hydrogens is 338 g/mol. The molecule has 126 valence electrons. The zero-order valence-corrected chi connectivity index (χ0v) is 13.9. The molecule has 25 heavy (non-hydrogen) atoms. The van der Waals surface area contributed by atoms with Crippen molar-refractivity contribution in [3.05, 3.63) is 84.7 Å². The molecule has 0 saturated heterocycles. The van der Waals surface area contributed by atoms with Crippen LogP contribution in [0, 0.1) is 0 Å². The highest BCUT2D eigenvalue weighted by Gasteiger charge is 2.16. The van der Waals surface area contributed by atoms with Gasteiger partial charge in [-0.25, -0.2) is 17.2 Å². The van der Waals surface area contributed by atoms with Crippen molar-refractivity contribution in [2.45, 2.75) is 4.90 Å². The second-order valence-electron chi connectivity index (χ2n) is 5.34. The first-order valence-corrected chi connectivity index (χ1v) is 8.91. The normalized spacial score (nSPS) is 11.7. The number of carbonyl (C=O) groups is 1. The molecule has 0 fully saturated rings. The molecule has 3 aromatic rings. The van der Waals surface area contributed by atoms with E-state index in [0.29, 0.717) is 5.56 Å². The van der Waals surface area contributed by atoms with Gasteiger partial charge in [0.1, 0.15) is 0 Å². The van der Waals surface area contributed by atoms with Crippen LogP contribution < -0.4 is 0 Å². The maximum atomic E-state index is 12.7. The summed E-state index contributed by atoms with van der Waals surface area (Å²) >= 11 is 0. The molecule has 0 radical (unpaired) electrons. The Balaban J connectivity index is 1.89. The van der Waals surface area contributed by atoms with E-state index in [2.05, 4.69) is 0 Å². The van der Waals surface area contributed by atoms with Crippen LogP contribution in [0.3, 0.4) is 0 Å². The average molecular weight is 353 g/mol. The van der Waals surface area contributed by atoms with E-state index in [4.69, 9.17) is 5.11 Å². The number of nitrogens with zero attached hydrogens (tertiary/aromatic N) is 1. The summed E-state index contributed by atoms with van der Waals surface area (Å²) in [6.45, 7) is 0. The summed E-state index contributed by atoms with van der Waals surface area (Å²) in [6, 6.07) is 17.9. The van der Waals surface area contributed by atoms with E-state index in [1.165, 1.54) is 24.5 Å². The van der Waals surface area contributed by atoms with E-state index in [9.17, 15) is 13.2 Å². The summed E-state index contributed by atoms with van der Waals surface area (Å²) in [4.78, 5) is 10.7. The molecule has 0 aliphatic carbocycles. The highest BCUT2D eigenvalue weighted by Crippen LogP contribution is 2.22. The fraction of sp³-hybridized carbons (Fsp3) is 0. The van der Waals surface area contributed by atoms with Gasteiger partial charge in [0, 0.05) is 18.5 Å². The second kappa shape index (κ2) is 6.78. The summed E-state index contributed by atoms with van der Waals surface area (Å²) in [5, 5.41) is 8.63. The lowest BCUT2D eigenvalue weighted by atomic mass is 10.1. The standard InChI is InChI=1S/C19H15NO4S/c21-19(22)11-6-15-12-13-20(14-15)25(23,24)18-9-7-17(8-10-18)16-4-2-1-3-5-16/h1-14H,(H,21,22)/b11-6+. The molecule has 6 heteroatoms. The van der Waals surface area contributed by atoms with Gasteiger partial charge in [0.05, 0.1) is 4.90 Å². The van der Waals surface area contributed by atoms with Crippen LogP contribution in [0.2, 0.25) is 0 Å². The van der Waals surface area contributed by atoms with Crippen LogP contribution >= 0.6 is 0 Å². The van der Waals surface area contributed by atoms with E-state index in [0.717, 1.165) is 21.2 Å². The van der Waals surface area contributed by atoms with Crippen molar-refractivity contribution in [1.29, 1.82) is 0 Å². The van der Waals surface area contributed by atoms with Crippen LogP contribution in [-0.2, 0) is 14.8 Å². The number of benzene rings is 2. The van der Waals surface area contributed by atoms with Crippen LogP contribution in [0.5, 0.6) is 0 Å². The molecule has 1 heterocycles. The van der Waals surface area contributed by atoms with Crippen molar-refractivity contribution in [3.63, 3.8) is 0 Å². The third kappa shape index (κ3) is 3.70. The van der Waals surface area contributed by atoms with E-state index in [1.54, 1.807) is 24.3 Å². The molecule has 0 aliphatic heterocycles. The maximum absolute atomic E-state index is 12.7. The van der Waals surface area contributed by atoms with E-state index in [1.807, 2.05) is 30.3 Å². The van der Waals surface area contributed by atoms with Crippen LogP contribution in [0.15, 0.2) is 84.0 Å². The number of aliphatic carboxylic acids is 1. The fourth-order valence-electron chi connectivity index (χ4n) is 2.38. The largest absolute Gasteiger partial charge is 0.478 e. The second-order valence-corrected chi connectivity index (χ2v) is 7.18. The molecule has 5 nitrogen and oxygen atoms in total. The van der Waals surface area contributed by atoms with Gasteiger partial charge in [-0.2, -0.15) is 0 Å². The Morgan fingerprint density at radius 1 is 0.920 bits per heavy atom. The van der Waals surface area contributed by atoms with Gasteiger partial charge in [-0.3, -0.25) is 0 Å². The van der Waals surface area contributed by atoms with Gasteiger partial charge < -0.3 is 5.11 Å². The average Bonchev–Trinajstić information content (AvgIpc) is 3.11. The van der Waals surface area contributed by atoms with Gasteiger partial charge >= 0.3 is 5.97 Å². The van der Waals surface area contributed by atoms with Crippen LogP contribution in [0.25, 0.3) is 17.2 Å². The molecule has 0 saturated carbocycles. The summed E-state index contributed by atoms with van der Waals surface area (Å²) in [5.41, 5.74) is 2.43. The molecule has 3 rings (SSSR count). The monoisotopic (exact) mass is 353 g/mol. The molecule has 2 aromatic carbocycles. The van der Waals surface area contributed by atoms with Crippen molar-refractivity contribution in [2.24, 2.45) is 0 Å². The van der Waals surface area contributed by atoms with Crippen molar-refractivity contribution < 1.29 is 18.3 Å².